The van der Waals surface area contributed by atoms with Crippen LogP contribution in [0, 0.1) is 13.8 Å². The first-order valence-corrected chi connectivity index (χ1v) is 6.63. The van der Waals surface area contributed by atoms with E-state index in [1.807, 2.05) is 0 Å². The molecule has 0 radical (unpaired) electrons. The molecule has 0 heterocycles. The monoisotopic (exact) mass is 232 g/mol. The van der Waals surface area contributed by atoms with Crippen LogP contribution in [0.2, 0.25) is 0 Å². The predicted octanol–water partition coefficient (Wildman–Crippen LogP) is 3.01. The molecule has 0 amide bonds. The van der Waals surface area contributed by atoms with Crippen LogP contribution in [-0.4, -0.2) is 19.1 Å². The molecule has 1 saturated carbocycles. The van der Waals surface area contributed by atoms with Crippen LogP contribution in [0.1, 0.15) is 36.8 Å². The maximum absolute atomic E-state index is 5.97. The Bertz CT molecular complexity index is 379. The minimum absolute atomic E-state index is 0.429. The van der Waals surface area contributed by atoms with Crippen molar-refractivity contribution in [3.05, 3.63) is 29.3 Å². The molecule has 0 aliphatic heterocycles. The molecule has 0 atom stereocenters. The molecule has 0 saturated heterocycles. The number of hydrogen-bond acceptors (Lipinski definition) is 2. The molecular weight excluding hydrogens is 208 g/mol. The second-order valence-electron chi connectivity index (χ2n) is 5.47. The Balaban J connectivity index is 2.13. The van der Waals surface area contributed by atoms with Gasteiger partial charge >= 0.3 is 0 Å². The Labute approximate surface area is 105 Å². The number of hydrogen-bond donors (Lipinski definition) is 1. The highest BCUT2D eigenvalue weighted by Gasteiger charge is 2.22. The van der Waals surface area contributed by atoms with E-state index in [0.29, 0.717) is 12.1 Å². The van der Waals surface area contributed by atoms with E-state index < -0.39 is 0 Å². The second kappa shape index (κ2) is 5.09. The molecule has 17 heavy (non-hydrogen) atoms. The SMILES string of the molecule is Cc1ccc(C)c(N(C)C2CCC(N)CC2)c1. The van der Waals surface area contributed by atoms with Crippen molar-refractivity contribution in [3.63, 3.8) is 0 Å². The van der Waals surface area contributed by atoms with Crippen LogP contribution >= 0.6 is 0 Å². The summed E-state index contributed by atoms with van der Waals surface area (Å²) in [6.07, 6.45) is 4.79. The number of rotatable bonds is 2. The smallest absolute Gasteiger partial charge is 0.0398 e. The first kappa shape index (κ1) is 12.4. The Hall–Kier alpha value is -1.02. The van der Waals surface area contributed by atoms with Crippen LogP contribution in [0.25, 0.3) is 0 Å². The van der Waals surface area contributed by atoms with Crippen LogP contribution < -0.4 is 10.6 Å². The summed E-state index contributed by atoms with van der Waals surface area (Å²) in [5.41, 5.74) is 10.1. The third-order valence-electron chi connectivity index (χ3n) is 4.03. The number of nitrogens with zero attached hydrogens (tertiary/aromatic N) is 1. The van der Waals surface area contributed by atoms with Crippen molar-refractivity contribution in [3.8, 4) is 0 Å². The van der Waals surface area contributed by atoms with Gasteiger partial charge in [-0.25, -0.2) is 0 Å². The first-order chi connectivity index (χ1) is 8.08. The van der Waals surface area contributed by atoms with Crippen molar-refractivity contribution >= 4 is 5.69 Å². The zero-order chi connectivity index (χ0) is 12.4. The fourth-order valence-corrected chi connectivity index (χ4v) is 2.79. The third-order valence-corrected chi connectivity index (χ3v) is 4.03. The summed E-state index contributed by atoms with van der Waals surface area (Å²) in [5, 5.41) is 0. The van der Waals surface area contributed by atoms with Gasteiger partial charge in [0, 0.05) is 24.8 Å². The highest BCUT2D eigenvalue weighted by molar-refractivity contribution is 5.55. The van der Waals surface area contributed by atoms with Gasteiger partial charge in [0.1, 0.15) is 0 Å². The van der Waals surface area contributed by atoms with Gasteiger partial charge in [-0.05, 0) is 56.7 Å². The highest BCUT2D eigenvalue weighted by atomic mass is 15.1. The van der Waals surface area contributed by atoms with Gasteiger partial charge in [-0.3, -0.25) is 0 Å². The van der Waals surface area contributed by atoms with Gasteiger partial charge < -0.3 is 10.6 Å². The number of benzene rings is 1. The summed E-state index contributed by atoms with van der Waals surface area (Å²) in [7, 11) is 2.23. The molecule has 0 bridgehead atoms. The lowest BCUT2D eigenvalue weighted by Gasteiger charge is -2.36. The normalized spacial score (nSPS) is 24.7. The van der Waals surface area contributed by atoms with Gasteiger partial charge in [0.2, 0.25) is 0 Å². The summed E-state index contributed by atoms with van der Waals surface area (Å²) in [5.74, 6) is 0. The molecule has 2 nitrogen and oxygen atoms in total. The van der Waals surface area contributed by atoms with Crippen molar-refractivity contribution in [1.29, 1.82) is 0 Å². The average Bonchev–Trinajstić information content (AvgIpc) is 2.32. The van der Waals surface area contributed by atoms with E-state index in [9.17, 15) is 0 Å². The van der Waals surface area contributed by atoms with Gasteiger partial charge in [0.25, 0.3) is 0 Å². The molecule has 2 rings (SSSR count). The van der Waals surface area contributed by atoms with Crippen molar-refractivity contribution < 1.29 is 0 Å². The Morgan fingerprint density at radius 1 is 1.12 bits per heavy atom. The van der Waals surface area contributed by atoms with Crippen LogP contribution in [0.4, 0.5) is 5.69 Å². The van der Waals surface area contributed by atoms with Gasteiger partial charge in [-0.2, -0.15) is 0 Å². The highest BCUT2D eigenvalue weighted by Crippen LogP contribution is 2.28. The maximum atomic E-state index is 5.97. The maximum Gasteiger partial charge on any atom is 0.0398 e. The number of anilines is 1. The molecule has 1 aromatic rings. The summed E-state index contributed by atoms with van der Waals surface area (Å²) < 4.78 is 0. The van der Waals surface area contributed by atoms with E-state index in [1.165, 1.54) is 42.5 Å². The van der Waals surface area contributed by atoms with Crippen LogP contribution in [-0.2, 0) is 0 Å². The van der Waals surface area contributed by atoms with E-state index in [-0.39, 0.29) is 0 Å². The van der Waals surface area contributed by atoms with Crippen LogP contribution in [0.3, 0.4) is 0 Å². The fourth-order valence-electron chi connectivity index (χ4n) is 2.79. The van der Waals surface area contributed by atoms with Crippen LogP contribution in [0.5, 0.6) is 0 Å². The molecule has 2 heteroatoms. The molecule has 1 aliphatic carbocycles. The Morgan fingerprint density at radius 2 is 1.76 bits per heavy atom. The van der Waals surface area contributed by atoms with Gasteiger partial charge in [-0.1, -0.05) is 12.1 Å². The van der Waals surface area contributed by atoms with E-state index in [2.05, 4.69) is 44.0 Å². The summed E-state index contributed by atoms with van der Waals surface area (Å²) in [4.78, 5) is 2.45. The number of nitrogens with two attached hydrogens (primary N) is 1. The lowest BCUT2D eigenvalue weighted by Crippen LogP contribution is -2.39. The molecule has 1 aromatic carbocycles. The lowest BCUT2D eigenvalue weighted by molar-refractivity contribution is 0.385. The molecule has 1 aliphatic rings. The molecule has 94 valence electrons. The average molecular weight is 232 g/mol. The van der Waals surface area contributed by atoms with Crippen molar-refractivity contribution in [2.75, 3.05) is 11.9 Å². The van der Waals surface area contributed by atoms with Crippen LogP contribution in [0.15, 0.2) is 18.2 Å². The van der Waals surface area contributed by atoms with Crippen molar-refractivity contribution in [2.24, 2.45) is 5.73 Å². The van der Waals surface area contributed by atoms with E-state index in [1.54, 1.807) is 0 Å². The van der Waals surface area contributed by atoms with Crippen molar-refractivity contribution in [1.82, 2.24) is 0 Å². The van der Waals surface area contributed by atoms with Crippen molar-refractivity contribution in [2.45, 2.75) is 51.6 Å². The van der Waals surface area contributed by atoms with Gasteiger partial charge in [-0.15, -0.1) is 0 Å². The van der Waals surface area contributed by atoms with Gasteiger partial charge in [0.15, 0.2) is 0 Å². The van der Waals surface area contributed by atoms with E-state index in [4.69, 9.17) is 5.73 Å². The molecule has 2 N–H and O–H groups in total. The van der Waals surface area contributed by atoms with E-state index in [0.717, 1.165) is 0 Å². The summed E-state index contributed by atoms with van der Waals surface area (Å²) >= 11 is 0. The zero-order valence-electron chi connectivity index (χ0n) is 11.2. The molecule has 0 unspecified atom stereocenters. The Kier molecular flexibility index (Phi) is 3.72. The number of aryl methyl sites for hydroxylation is 2. The lowest BCUT2D eigenvalue weighted by atomic mass is 9.90. The quantitative estimate of drug-likeness (QED) is 0.849. The fraction of sp³-hybridized carbons (Fsp3) is 0.600. The minimum atomic E-state index is 0.429. The standard InChI is InChI=1S/C15H24N2/c1-11-4-5-12(2)15(10-11)17(3)14-8-6-13(16)7-9-14/h4-5,10,13-14H,6-9,16H2,1-3H3. The van der Waals surface area contributed by atoms with E-state index >= 15 is 0 Å². The zero-order valence-corrected chi connectivity index (χ0v) is 11.2. The predicted molar refractivity (Wildman–Crippen MR) is 74.6 cm³/mol. The third kappa shape index (κ3) is 2.81. The Morgan fingerprint density at radius 3 is 2.41 bits per heavy atom. The summed E-state index contributed by atoms with van der Waals surface area (Å²) in [6.45, 7) is 4.35. The second-order valence-corrected chi connectivity index (χ2v) is 5.47. The topological polar surface area (TPSA) is 29.3 Å². The minimum Gasteiger partial charge on any atom is -0.371 e. The largest absolute Gasteiger partial charge is 0.371 e. The first-order valence-electron chi connectivity index (χ1n) is 6.63. The molecule has 1 fully saturated rings. The molecular formula is C15H24N2. The summed E-state index contributed by atoms with van der Waals surface area (Å²) in [6, 6.07) is 7.79. The molecule has 0 spiro atoms. The molecule has 0 aromatic heterocycles. The van der Waals surface area contributed by atoms with Gasteiger partial charge in [0.05, 0.1) is 0 Å².